The molecule has 1 amide bonds. The normalized spacial score (nSPS) is 10.6. The van der Waals surface area contributed by atoms with Gasteiger partial charge in [0.1, 0.15) is 5.76 Å². The molecule has 6 nitrogen and oxygen atoms in total. The summed E-state index contributed by atoms with van der Waals surface area (Å²) in [7, 11) is 0. The molecule has 7 heteroatoms. The van der Waals surface area contributed by atoms with Crippen LogP contribution in [-0.4, -0.2) is 11.1 Å². The van der Waals surface area contributed by atoms with Gasteiger partial charge in [0, 0.05) is 17.8 Å². The maximum absolute atomic E-state index is 11.5. The minimum atomic E-state index is -0.597. The summed E-state index contributed by atoms with van der Waals surface area (Å²) in [6.45, 7) is 4.08. The summed E-state index contributed by atoms with van der Waals surface area (Å²) in [4.78, 5) is 11.5. The van der Waals surface area contributed by atoms with E-state index < -0.39 is 5.91 Å². The molecule has 5 N–H and O–H groups in total. The first kappa shape index (κ1) is 14.2. The number of hydrogen-bond donors (Lipinski definition) is 3. The Kier molecular flexibility index (Phi) is 3.85. The Morgan fingerprint density at radius 2 is 2.15 bits per heavy atom. The van der Waals surface area contributed by atoms with Crippen LogP contribution in [0.2, 0.25) is 5.02 Å². The lowest BCUT2D eigenvalue weighted by atomic mass is 10.1. The van der Waals surface area contributed by atoms with Gasteiger partial charge in [-0.15, -0.1) is 0 Å². The van der Waals surface area contributed by atoms with Crippen LogP contribution in [0.1, 0.15) is 27.4 Å². The Morgan fingerprint density at radius 1 is 1.45 bits per heavy atom. The number of amides is 1. The molecule has 0 aliphatic heterocycles. The van der Waals surface area contributed by atoms with E-state index >= 15 is 0 Å². The van der Waals surface area contributed by atoms with Crippen LogP contribution in [0.25, 0.3) is 0 Å². The van der Waals surface area contributed by atoms with E-state index in [1.807, 2.05) is 13.8 Å². The highest BCUT2D eigenvalue weighted by Gasteiger charge is 2.15. The number of aromatic nitrogens is 1. The van der Waals surface area contributed by atoms with Crippen LogP contribution in [0, 0.1) is 13.8 Å². The molecule has 0 aliphatic carbocycles. The number of rotatable bonds is 4. The van der Waals surface area contributed by atoms with Gasteiger partial charge in [0.2, 0.25) is 0 Å². The first-order valence-corrected chi connectivity index (χ1v) is 6.32. The zero-order valence-electron chi connectivity index (χ0n) is 11.2. The maximum Gasteiger partial charge on any atom is 0.250 e. The van der Waals surface area contributed by atoms with Gasteiger partial charge in [-0.25, -0.2) is 0 Å². The Morgan fingerprint density at radius 3 is 2.70 bits per heavy atom. The van der Waals surface area contributed by atoms with E-state index in [2.05, 4.69) is 10.5 Å². The van der Waals surface area contributed by atoms with E-state index in [4.69, 9.17) is 27.6 Å². The largest absolute Gasteiger partial charge is 0.399 e. The minimum absolute atomic E-state index is 0.252. The lowest BCUT2D eigenvalue weighted by Crippen LogP contribution is -2.15. The molecule has 0 unspecified atom stereocenters. The third-order valence-corrected chi connectivity index (χ3v) is 3.30. The summed E-state index contributed by atoms with van der Waals surface area (Å²) < 4.78 is 5.08. The molecule has 2 rings (SSSR count). The van der Waals surface area contributed by atoms with Crippen molar-refractivity contribution in [1.29, 1.82) is 0 Å². The van der Waals surface area contributed by atoms with Gasteiger partial charge in [0.05, 0.1) is 22.0 Å². The van der Waals surface area contributed by atoms with E-state index in [0.29, 0.717) is 28.7 Å². The topological polar surface area (TPSA) is 107 Å². The molecule has 0 saturated carbocycles. The SMILES string of the molecule is Cc1noc(C)c1CNc1c(Cl)cc(N)cc1C(N)=O. The van der Waals surface area contributed by atoms with E-state index in [1.165, 1.54) is 6.07 Å². The zero-order chi connectivity index (χ0) is 14.9. The second-order valence-corrected chi connectivity index (χ2v) is 4.85. The van der Waals surface area contributed by atoms with Crippen molar-refractivity contribution in [2.75, 3.05) is 11.1 Å². The second kappa shape index (κ2) is 5.42. The highest BCUT2D eigenvalue weighted by atomic mass is 35.5. The number of primary amides is 1. The standard InChI is InChI=1S/C13H15ClN4O2/c1-6-10(7(2)20-18-6)5-17-12-9(13(16)19)3-8(15)4-11(12)14/h3-4,17H,5,15H2,1-2H3,(H2,16,19). The van der Waals surface area contributed by atoms with Gasteiger partial charge in [0.15, 0.2) is 0 Å². The highest BCUT2D eigenvalue weighted by Crippen LogP contribution is 2.30. The first-order chi connectivity index (χ1) is 9.40. The van der Waals surface area contributed by atoms with Gasteiger partial charge in [-0.1, -0.05) is 16.8 Å². The summed E-state index contributed by atoms with van der Waals surface area (Å²) in [5.74, 6) is 0.114. The molecule has 2 aromatic rings. The summed E-state index contributed by atoms with van der Waals surface area (Å²) in [5.41, 5.74) is 13.8. The molecule has 1 aromatic carbocycles. The molecule has 1 aromatic heterocycles. The number of nitrogens with zero attached hydrogens (tertiary/aromatic N) is 1. The van der Waals surface area contributed by atoms with Gasteiger partial charge < -0.3 is 21.3 Å². The molecular weight excluding hydrogens is 280 g/mol. The van der Waals surface area contributed by atoms with Crippen LogP contribution in [0.3, 0.4) is 0 Å². The van der Waals surface area contributed by atoms with Gasteiger partial charge in [-0.05, 0) is 26.0 Å². The number of anilines is 2. The van der Waals surface area contributed by atoms with Crippen LogP contribution in [0.5, 0.6) is 0 Å². The Labute approximate surface area is 121 Å². The smallest absolute Gasteiger partial charge is 0.250 e. The Balaban J connectivity index is 2.32. The Hall–Kier alpha value is -2.21. The van der Waals surface area contributed by atoms with E-state index in [0.717, 1.165) is 11.3 Å². The molecule has 0 saturated heterocycles. The lowest BCUT2D eigenvalue weighted by molar-refractivity contribution is 0.100. The van der Waals surface area contributed by atoms with Crippen molar-refractivity contribution in [2.45, 2.75) is 20.4 Å². The number of hydrogen-bond acceptors (Lipinski definition) is 5. The fourth-order valence-electron chi connectivity index (χ4n) is 1.93. The molecule has 0 fully saturated rings. The average Bonchev–Trinajstić information content (AvgIpc) is 2.67. The fraction of sp³-hybridized carbons (Fsp3) is 0.231. The monoisotopic (exact) mass is 294 g/mol. The van der Waals surface area contributed by atoms with Crippen molar-refractivity contribution in [1.82, 2.24) is 5.16 Å². The molecule has 106 valence electrons. The predicted molar refractivity (Wildman–Crippen MR) is 77.7 cm³/mol. The van der Waals surface area contributed by atoms with Gasteiger partial charge in [-0.2, -0.15) is 0 Å². The zero-order valence-corrected chi connectivity index (χ0v) is 11.9. The lowest BCUT2D eigenvalue weighted by Gasteiger charge is -2.13. The summed E-state index contributed by atoms with van der Waals surface area (Å²) in [5, 5.41) is 7.29. The second-order valence-electron chi connectivity index (χ2n) is 4.45. The third-order valence-electron chi connectivity index (χ3n) is 3.00. The fourth-order valence-corrected chi connectivity index (χ4v) is 2.23. The number of halogens is 1. The molecule has 0 atom stereocenters. The number of nitrogens with one attached hydrogen (secondary N) is 1. The van der Waals surface area contributed by atoms with Crippen molar-refractivity contribution >= 4 is 28.9 Å². The van der Waals surface area contributed by atoms with Crippen molar-refractivity contribution in [2.24, 2.45) is 5.73 Å². The summed E-state index contributed by atoms with van der Waals surface area (Å²) in [6.07, 6.45) is 0. The van der Waals surface area contributed by atoms with Crippen LogP contribution < -0.4 is 16.8 Å². The first-order valence-electron chi connectivity index (χ1n) is 5.94. The number of aryl methyl sites for hydroxylation is 2. The Bertz CT molecular complexity index is 647. The maximum atomic E-state index is 11.5. The predicted octanol–water partition coefficient (Wildman–Crippen LogP) is 2.24. The highest BCUT2D eigenvalue weighted by molar-refractivity contribution is 6.34. The van der Waals surface area contributed by atoms with Crippen molar-refractivity contribution in [3.63, 3.8) is 0 Å². The molecular formula is C13H15ClN4O2. The van der Waals surface area contributed by atoms with E-state index in [-0.39, 0.29) is 5.56 Å². The molecule has 0 spiro atoms. The van der Waals surface area contributed by atoms with Crippen molar-refractivity contribution in [3.05, 3.63) is 39.7 Å². The van der Waals surface area contributed by atoms with Crippen molar-refractivity contribution < 1.29 is 9.32 Å². The van der Waals surface area contributed by atoms with Gasteiger partial charge in [0.25, 0.3) is 5.91 Å². The van der Waals surface area contributed by atoms with E-state index in [9.17, 15) is 4.79 Å². The number of carbonyl (C=O) groups excluding carboxylic acids is 1. The number of carbonyl (C=O) groups is 1. The summed E-state index contributed by atoms with van der Waals surface area (Å²) >= 11 is 6.11. The van der Waals surface area contributed by atoms with Gasteiger partial charge in [-0.3, -0.25) is 4.79 Å². The molecule has 0 bridgehead atoms. The molecule has 0 aliphatic rings. The van der Waals surface area contributed by atoms with Gasteiger partial charge >= 0.3 is 0 Å². The molecule has 1 heterocycles. The van der Waals surface area contributed by atoms with Crippen LogP contribution in [0.15, 0.2) is 16.7 Å². The van der Waals surface area contributed by atoms with Crippen LogP contribution in [-0.2, 0) is 6.54 Å². The van der Waals surface area contributed by atoms with E-state index in [1.54, 1.807) is 6.07 Å². The molecule has 20 heavy (non-hydrogen) atoms. The third kappa shape index (κ3) is 2.70. The quantitative estimate of drug-likeness (QED) is 0.750. The van der Waals surface area contributed by atoms with Crippen molar-refractivity contribution in [3.8, 4) is 0 Å². The number of benzene rings is 1. The minimum Gasteiger partial charge on any atom is -0.399 e. The van der Waals surface area contributed by atoms with Crippen LogP contribution >= 0.6 is 11.6 Å². The number of nitrogens with two attached hydrogens (primary N) is 2. The summed E-state index contributed by atoms with van der Waals surface area (Å²) in [6, 6.07) is 3.05. The number of nitrogen functional groups attached to an aromatic ring is 1. The average molecular weight is 295 g/mol. The van der Waals surface area contributed by atoms with Crippen LogP contribution in [0.4, 0.5) is 11.4 Å². The molecule has 0 radical (unpaired) electrons.